The summed E-state index contributed by atoms with van der Waals surface area (Å²) in [6.45, 7) is 2.51. The molecule has 4 heteroatoms. The zero-order valence-electron chi connectivity index (χ0n) is 12.4. The van der Waals surface area contributed by atoms with Crippen molar-refractivity contribution in [2.24, 2.45) is 5.73 Å². The summed E-state index contributed by atoms with van der Waals surface area (Å²) in [6.07, 6.45) is 0.709. The van der Waals surface area contributed by atoms with Crippen LogP contribution in [0.2, 0.25) is 0 Å². The molecule has 0 bridgehead atoms. The molecular formula is C17H21FN2O. The van der Waals surface area contributed by atoms with Gasteiger partial charge in [0.15, 0.2) is 0 Å². The minimum absolute atomic E-state index is 0.228. The number of nitrogens with two attached hydrogens (primary N) is 1. The molecule has 0 fully saturated rings. The fourth-order valence-corrected chi connectivity index (χ4v) is 2.27. The molecule has 0 saturated carbocycles. The fraction of sp³-hybridized carbons (Fsp3) is 0.294. The standard InChI is InChI=1S/C17H21FN2O/c1-17(12-19,11-13-6-8-14(18)9-7-13)20-15-4-3-5-16(10-15)21-2/h3-10,20H,11-12,19H2,1-2H3. The third kappa shape index (κ3) is 4.20. The first-order chi connectivity index (χ1) is 10.0. The molecule has 0 radical (unpaired) electrons. The molecule has 2 rings (SSSR count). The highest BCUT2D eigenvalue weighted by Crippen LogP contribution is 2.23. The molecule has 1 unspecified atom stereocenters. The molecule has 1 atom stereocenters. The molecule has 2 aromatic rings. The first-order valence-electron chi connectivity index (χ1n) is 6.91. The second kappa shape index (κ2) is 6.59. The number of benzene rings is 2. The molecule has 0 aromatic heterocycles. The van der Waals surface area contributed by atoms with E-state index in [-0.39, 0.29) is 11.4 Å². The zero-order valence-corrected chi connectivity index (χ0v) is 12.4. The third-order valence-electron chi connectivity index (χ3n) is 3.47. The molecule has 3 nitrogen and oxygen atoms in total. The summed E-state index contributed by atoms with van der Waals surface area (Å²) in [7, 11) is 1.64. The van der Waals surface area contributed by atoms with Gasteiger partial charge < -0.3 is 15.8 Å². The van der Waals surface area contributed by atoms with Crippen LogP contribution in [0.4, 0.5) is 10.1 Å². The topological polar surface area (TPSA) is 47.3 Å². The van der Waals surface area contributed by atoms with Crippen LogP contribution in [0.1, 0.15) is 12.5 Å². The van der Waals surface area contributed by atoms with Crippen molar-refractivity contribution in [2.75, 3.05) is 19.0 Å². The molecule has 112 valence electrons. The Bertz CT molecular complexity index is 586. The maximum Gasteiger partial charge on any atom is 0.123 e. The Hall–Kier alpha value is -2.07. The Morgan fingerprint density at radius 2 is 1.90 bits per heavy atom. The van der Waals surface area contributed by atoms with Crippen molar-refractivity contribution in [3.8, 4) is 5.75 Å². The highest BCUT2D eigenvalue weighted by atomic mass is 19.1. The van der Waals surface area contributed by atoms with Gasteiger partial charge in [-0.15, -0.1) is 0 Å². The molecule has 0 saturated heterocycles. The van der Waals surface area contributed by atoms with Gasteiger partial charge in [-0.3, -0.25) is 0 Å². The SMILES string of the molecule is COc1cccc(NC(C)(CN)Cc2ccc(F)cc2)c1. The minimum atomic E-state index is -0.315. The number of anilines is 1. The summed E-state index contributed by atoms with van der Waals surface area (Å²) in [5, 5.41) is 3.44. The molecule has 2 aromatic carbocycles. The lowest BCUT2D eigenvalue weighted by Gasteiger charge is -2.31. The van der Waals surface area contributed by atoms with Gasteiger partial charge in [-0.1, -0.05) is 18.2 Å². The van der Waals surface area contributed by atoms with Crippen molar-refractivity contribution in [3.05, 3.63) is 59.9 Å². The summed E-state index contributed by atoms with van der Waals surface area (Å²) in [6, 6.07) is 14.2. The lowest BCUT2D eigenvalue weighted by atomic mass is 9.92. The summed E-state index contributed by atoms with van der Waals surface area (Å²) in [5.41, 5.74) is 7.61. The number of ether oxygens (including phenoxy) is 1. The minimum Gasteiger partial charge on any atom is -0.497 e. The quantitative estimate of drug-likeness (QED) is 0.858. The number of hydrogen-bond donors (Lipinski definition) is 2. The van der Waals surface area contributed by atoms with Gasteiger partial charge in [0.1, 0.15) is 11.6 Å². The van der Waals surface area contributed by atoms with Crippen LogP contribution in [-0.2, 0) is 6.42 Å². The number of rotatable bonds is 6. The molecular weight excluding hydrogens is 267 g/mol. The first-order valence-corrected chi connectivity index (χ1v) is 6.91. The second-order valence-corrected chi connectivity index (χ2v) is 5.42. The van der Waals surface area contributed by atoms with Crippen molar-refractivity contribution in [2.45, 2.75) is 18.9 Å². The van der Waals surface area contributed by atoms with Gasteiger partial charge >= 0.3 is 0 Å². The molecule has 0 heterocycles. The molecule has 3 N–H and O–H groups in total. The maximum absolute atomic E-state index is 13.0. The van der Waals surface area contributed by atoms with E-state index in [9.17, 15) is 4.39 Å². The van der Waals surface area contributed by atoms with Gasteiger partial charge in [-0.25, -0.2) is 4.39 Å². The predicted octanol–water partition coefficient (Wildman–Crippen LogP) is 3.21. The first kappa shape index (κ1) is 15.3. The number of nitrogens with one attached hydrogen (secondary N) is 1. The average Bonchev–Trinajstić information content (AvgIpc) is 2.50. The van der Waals surface area contributed by atoms with E-state index in [1.807, 2.05) is 24.3 Å². The Labute approximate surface area is 124 Å². The van der Waals surface area contributed by atoms with E-state index in [1.54, 1.807) is 19.2 Å². The van der Waals surface area contributed by atoms with Crippen LogP contribution in [-0.4, -0.2) is 19.2 Å². The van der Waals surface area contributed by atoms with Crippen molar-refractivity contribution in [1.82, 2.24) is 0 Å². The highest BCUT2D eigenvalue weighted by Gasteiger charge is 2.23. The molecule has 0 aliphatic heterocycles. The van der Waals surface area contributed by atoms with Crippen LogP contribution < -0.4 is 15.8 Å². The Morgan fingerprint density at radius 3 is 2.52 bits per heavy atom. The van der Waals surface area contributed by atoms with Crippen LogP contribution >= 0.6 is 0 Å². The van der Waals surface area contributed by atoms with Crippen molar-refractivity contribution >= 4 is 5.69 Å². The summed E-state index contributed by atoms with van der Waals surface area (Å²) in [5.74, 6) is 0.565. The molecule has 0 amide bonds. The number of halogens is 1. The van der Waals surface area contributed by atoms with E-state index in [0.29, 0.717) is 13.0 Å². The van der Waals surface area contributed by atoms with Crippen LogP contribution in [0.5, 0.6) is 5.75 Å². The van der Waals surface area contributed by atoms with Crippen molar-refractivity contribution < 1.29 is 9.13 Å². The third-order valence-corrected chi connectivity index (χ3v) is 3.47. The van der Waals surface area contributed by atoms with Crippen LogP contribution in [0.25, 0.3) is 0 Å². The van der Waals surface area contributed by atoms with Crippen LogP contribution in [0, 0.1) is 5.82 Å². The zero-order chi connectivity index (χ0) is 15.3. The lowest BCUT2D eigenvalue weighted by Crippen LogP contribution is -2.44. The monoisotopic (exact) mass is 288 g/mol. The normalized spacial score (nSPS) is 13.5. The van der Waals surface area contributed by atoms with E-state index in [4.69, 9.17) is 10.5 Å². The smallest absolute Gasteiger partial charge is 0.123 e. The van der Waals surface area contributed by atoms with Crippen LogP contribution in [0.3, 0.4) is 0 Å². The van der Waals surface area contributed by atoms with E-state index >= 15 is 0 Å². The van der Waals surface area contributed by atoms with E-state index < -0.39 is 0 Å². The van der Waals surface area contributed by atoms with Gasteiger partial charge in [0, 0.05) is 18.3 Å². The highest BCUT2D eigenvalue weighted by molar-refractivity contribution is 5.50. The second-order valence-electron chi connectivity index (χ2n) is 5.42. The number of methoxy groups -OCH3 is 1. The fourth-order valence-electron chi connectivity index (χ4n) is 2.27. The average molecular weight is 288 g/mol. The van der Waals surface area contributed by atoms with E-state index in [2.05, 4.69) is 12.2 Å². The lowest BCUT2D eigenvalue weighted by molar-refractivity contribution is 0.414. The summed E-state index contributed by atoms with van der Waals surface area (Å²) < 4.78 is 18.2. The Kier molecular flexibility index (Phi) is 4.81. The van der Waals surface area contributed by atoms with Gasteiger partial charge in [-0.05, 0) is 43.2 Å². The molecule has 21 heavy (non-hydrogen) atoms. The van der Waals surface area contributed by atoms with Crippen LogP contribution in [0.15, 0.2) is 48.5 Å². The van der Waals surface area contributed by atoms with Gasteiger partial charge in [-0.2, -0.15) is 0 Å². The van der Waals surface area contributed by atoms with Gasteiger partial charge in [0.05, 0.1) is 12.6 Å². The van der Waals surface area contributed by atoms with Gasteiger partial charge in [0.25, 0.3) is 0 Å². The van der Waals surface area contributed by atoms with Crippen molar-refractivity contribution in [3.63, 3.8) is 0 Å². The summed E-state index contributed by atoms with van der Waals surface area (Å²) in [4.78, 5) is 0. The molecule has 0 aliphatic carbocycles. The summed E-state index contributed by atoms with van der Waals surface area (Å²) >= 11 is 0. The molecule has 0 aliphatic rings. The van der Waals surface area contributed by atoms with E-state index in [0.717, 1.165) is 17.0 Å². The van der Waals surface area contributed by atoms with E-state index in [1.165, 1.54) is 12.1 Å². The Balaban J connectivity index is 2.14. The van der Waals surface area contributed by atoms with Gasteiger partial charge in [0.2, 0.25) is 0 Å². The maximum atomic E-state index is 13.0. The Morgan fingerprint density at radius 1 is 1.19 bits per heavy atom. The number of hydrogen-bond acceptors (Lipinski definition) is 3. The molecule has 0 spiro atoms. The largest absolute Gasteiger partial charge is 0.497 e. The van der Waals surface area contributed by atoms with Crippen molar-refractivity contribution in [1.29, 1.82) is 0 Å². The predicted molar refractivity (Wildman–Crippen MR) is 84.2 cm³/mol.